The van der Waals surface area contributed by atoms with E-state index in [9.17, 15) is 10.1 Å². The maximum atomic E-state index is 10.8. The lowest BCUT2D eigenvalue weighted by molar-refractivity contribution is -0.384. The van der Waals surface area contributed by atoms with E-state index in [1.54, 1.807) is 0 Å². The summed E-state index contributed by atoms with van der Waals surface area (Å²) < 4.78 is 10.5. The summed E-state index contributed by atoms with van der Waals surface area (Å²) in [5.41, 5.74) is 10.8. The average Bonchev–Trinajstić information content (AvgIpc) is 2.37. The molecule has 0 aliphatic rings. The number of ether oxygens (including phenoxy) is 2. The summed E-state index contributed by atoms with van der Waals surface area (Å²) in [5, 5.41) is 10.8. The minimum Gasteiger partial charge on any atom is -0.493 e. The zero-order valence-corrected chi connectivity index (χ0v) is 10.4. The third-order valence-corrected chi connectivity index (χ3v) is 2.31. The molecule has 104 valence electrons. The number of aromatic nitrogens is 2. The van der Waals surface area contributed by atoms with E-state index < -0.39 is 4.92 Å². The molecule has 9 heteroatoms. The van der Waals surface area contributed by atoms with Gasteiger partial charge >= 0.3 is 0 Å². The van der Waals surface area contributed by atoms with Crippen molar-refractivity contribution in [1.29, 1.82) is 0 Å². The number of benzene rings is 1. The fourth-order valence-electron chi connectivity index (χ4n) is 1.48. The molecule has 2 rings (SSSR count). The zero-order chi connectivity index (χ0) is 14.7. The van der Waals surface area contributed by atoms with Crippen LogP contribution in [-0.2, 0) is 0 Å². The van der Waals surface area contributed by atoms with Crippen LogP contribution in [0.3, 0.4) is 0 Å². The standard InChI is InChI=1S/C11H11N5O4/c1-19-7-3-2-6(16(17)18)4-8(7)20-10-5-9(12)14-11(13)15-10/h2-5H,1H3,(H4,12,13,14,15). The van der Waals surface area contributed by atoms with Gasteiger partial charge in [-0.15, -0.1) is 0 Å². The predicted octanol–water partition coefficient (Wildman–Crippen LogP) is 1.35. The van der Waals surface area contributed by atoms with Crippen LogP contribution in [0.4, 0.5) is 17.5 Å². The second-order valence-corrected chi connectivity index (χ2v) is 3.68. The van der Waals surface area contributed by atoms with E-state index >= 15 is 0 Å². The van der Waals surface area contributed by atoms with Crippen LogP contribution in [0.2, 0.25) is 0 Å². The number of nitrogens with two attached hydrogens (primary N) is 2. The maximum Gasteiger partial charge on any atom is 0.273 e. The summed E-state index contributed by atoms with van der Waals surface area (Å²) in [7, 11) is 1.41. The van der Waals surface area contributed by atoms with Crippen LogP contribution in [0.1, 0.15) is 0 Å². The Labute approximate surface area is 113 Å². The summed E-state index contributed by atoms with van der Waals surface area (Å²) in [6.45, 7) is 0. The van der Waals surface area contributed by atoms with E-state index in [0.29, 0.717) is 5.75 Å². The lowest BCUT2D eigenvalue weighted by atomic mass is 10.3. The van der Waals surface area contributed by atoms with E-state index in [4.69, 9.17) is 20.9 Å². The molecule has 0 spiro atoms. The van der Waals surface area contributed by atoms with Gasteiger partial charge in [0, 0.05) is 12.1 Å². The first-order valence-electron chi connectivity index (χ1n) is 5.40. The van der Waals surface area contributed by atoms with Crippen molar-refractivity contribution in [3.8, 4) is 17.4 Å². The van der Waals surface area contributed by atoms with Gasteiger partial charge in [-0.05, 0) is 6.07 Å². The molecule has 0 saturated carbocycles. The molecule has 0 fully saturated rings. The molecule has 4 N–H and O–H groups in total. The molecule has 1 heterocycles. The topological polar surface area (TPSA) is 139 Å². The lowest BCUT2D eigenvalue weighted by Gasteiger charge is -2.09. The highest BCUT2D eigenvalue weighted by Gasteiger charge is 2.14. The first-order valence-corrected chi connectivity index (χ1v) is 5.40. The number of nitro groups is 1. The highest BCUT2D eigenvalue weighted by atomic mass is 16.6. The van der Waals surface area contributed by atoms with Crippen molar-refractivity contribution in [3.05, 3.63) is 34.4 Å². The molecule has 1 aromatic heterocycles. The van der Waals surface area contributed by atoms with Gasteiger partial charge < -0.3 is 20.9 Å². The number of nitro benzene ring substituents is 1. The number of hydrogen-bond acceptors (Lipinski definition) is 8. The van der Waals surface area contributed by atoms with Crippen molar-refractivity contribution in [3.63, 3.8) is 0 Å². The van der Waals surface area contributed by atoms with Crippen LogP contribution in [0, 0.1) is 10.1 Å². The van der Waals surface area contributed by atoms with Gasteiger partial charge in [0.25, 0.3) is 5.69 Å². The van der Waals surface area contributed by atoms with E-state index in [-0.39, 0.29) is 29.1 Å². The number of nitrogen functional groups attached to an aromatic ring is 2. The molecule has 2 aromatic rings. The first kappa shape index (κ1) is 13.3. The molecular formula is C11H11N5O4. The minimum atomic E-state index is -0.547. The van der Waals surface area contributed by atoms with Crippen molar-refractivity contribution in [2.75, 3.05) is 18.6 Å². The Morgan fingerprint density at radius 1 is 1.20 bits per heavy atom. The SMILES string of the molecule is COc1ccc([N+](=O)[O-])cc1Oc1cc(N)nc(N)n1. The number of methoxy groups -OCH3 is 1. The van der Waals surface area contributed by atoms with Crippen molar-refractivity contribution in [2.45, 2.75) is 0 Å². The normalized spacial score (nSPS) is 10.1. The van der Waals surface area contributed by atoms with Crippen molar-refractivity contribution in [2.24, 2.45) is 0 Å². The molecule has 0 bridgehead atoms. The van der Waals surface area contributed by atoms with Crippen molar-refractivity contribution in [1.82, 2.24) is 9.97 Å². The Morgan fingerprint density at radius 3 is 2.55 bits per heavy atom. The monoisotopic (exact) mass is 277 g/mol. The van der Waals surface area contributed by atoms with E-state index in [1.807, 2.05) is 0 Å². The predicted molar refractivity (Wildman–Crippen MR) is 70.6 cm³/mol. The Balaban J connectivity index is 2.40. The van der Waals surface area contributed by atoms with Crippen LogP contribution < -0.4 is 20.9 Å². The van der Waals surface area contributed by atoms with Gasteiger partial charge in [0.15, 0.2) is 11.5 Å². The third-order valence-electron chi connectivity index (χ3n) is 2.31. The molecule has 0 radical (unpaired) electrons. The van der Waals surface area contributed by atoms with Gasteiger partial charge in [-0.25, -0.2) is 0 Å². The van der Waals surface area contributed by atoms with Crippen LogP contribution in [0.5, 0.6) is 17.4 Å². The molecule has 1 aromatic carbocycles. The first-order chi connectivity index (χ1) is 9.49. The molecule has 0 amide bonds. The fraction of sp³-hybridized carbons (Fsp3) is 0.0909. The second-order valence-electron chi connectivity index (χ2n) is 3.68. The minimum absolute atomic E-state index is 0.0637. The summed E-state index contributed by atoms with van der Waals surface area (Å²) >= 11 is 0. The lowest BCUT2D eigenvalue weighted by Crippen LogP contribution is -2.01. The van der Waals surface area contributed by atoms with Crippen LogP contribution >= 0.6 is 0 Å². The van der Waals surface area contributed by atoms with Gasteiger partial charge in [0.05, 0.1) is 18.1 Å². The molecule has 20 heavy (non-hydrogen) atoms. The number of non-ortho nitro benzene ring substituents is 1. The Bertz CT molecular complexity index is 641. The van der Waals surface area contributed by atoms with Gasteiger partial charge in [-0.3, -0.25) is 10.1 Å². The largest absolute Gasteiger partial charge is 0.493 e. The quantitative estimate of drug-likeness (QED) is 0.630. The zero-order valence-electron chi connectivity index (χ0n) is 10.4. The molecule has 0 atom stereocenters. The summed E-state index contributed by atoms with van der Waals surface area (Å²) in [6, 6.07) is 5.28. The summed E-state index contributed by atoms with van der Waals surface area (Å²) in [6.07, 6.45) is 0. The van der Waals surface area contributed by atoms with E-state index in [1.165, 1.54) is 31.4 Å². The molecule has 0 aliphatic carbocycles. The number of nitrogens with zero attached hydrogens (tertiary/aromatic N) is 3. The van der Waals surface area contributed by atoms with Crippen molar-refractivity contribution >= 4 is 17.5 Å². The Hall–Kier alpha value is -3.10. The second kappa shape index (κ2) is 5.26. The molecule has 0 unspecified atom stereocenters. The molecule has 0 saturated heterocycles. The van der Waals surface area contributed by atoms with E-state index in [2.05, 4.69) is 9.97 Å². The fourth-order valence-corrected chi connectivity index (χ4v) is 1.48. The molecular weight excluding hydrogens is 266 g/mol. The van der Waals surface area contributed by atoms with Crippen molar-refractivity contribution < 1.29 is 14.4 Å². The van der Waals surface area contributed by atoms with Gasteiger partial charge in [-0.1, -0.05) is 0 Å². The van der Waals surface area contributed by atoms with Crippen LogP contribution in [-0.4, -0.2) is 22.0 Å². The average molecular weight is 277 g/mol. The molecule has 0 aliphatic heterocycles. The molecule has 9 nitrogen and oxygen atoms in total. The number of anilines is 2. The highest BCUT2D eigenvalue weighted by Crippen LogP contribution is 2.34. The highest BCUT2D eigenvalue weighted by molar-refractivity contribution is 5.50. The smallest absolute Gasteiger partial charge is 0.273 e. The Kier molecular flexibility index (Phi) is 3.51. The van der Waals surface area contributed by atoms with Crippen LogP contribution in [0.25, 0.3) is 0 Å². The van der Waals surface area contributed by atoms with E-state index in [0.717, 1.165) is 0 Å². The Morgan fingerprint density at radius 2 is 1.95 bits per heavy atom. The third kappa shape index (κ3) is 2.83. The summed E-state index contributed by atoms with van der Waals surface area (Å²) in [4.78, 5) is 17.7. The maximum absolute atomic E-state index is 10.8. The van der Waals surface area contributed by atoms with Crippen LogP contribution in [0.15, 0.2) is 24.3 Å². The van der Waals surface area contributed by atoms with Gasteiger partial charge in [-0.2, -0.15) is 9.97 Å². The van der Waals surface area contributed by atoms with Gasteiger partial charge in [0.2, 0.25) is 11.8 Å². The number of hydrogen-bond donors (Lipinski definition) is 2. The summed E-state index contributed by atoms with van der Waals surface area (Å²) in [5.74, 6) is 0.556. The van der Waals surface area contributed by atoms with Gasteiger partial charge in [0.1, 0.15) is 5.82 Å². The number of rotatable bonds is 4.